The molecule has 0 aromatic heterocycles. The Morgan fingerprint density at radius 2 is 2.00 bits per heavy atom. The molecule has 0 amide bonds. The van der Waals surface area contributed by atoms with Gasteiger partial charge in [0.25, 0.3) is 0 Å². The highest BCUT2D eigenvalue weighted by Crippen LogP contribution is 2.11. The average Bonchev–Trinajstić information content (AvgIpc) is 1.63. The Hall–Kier alpha value is -0.120. The summed E-state index contributed by atoms with van der Waals surface area (Å²) in [6.45, 7) is 4.83. The predicted octanol–water partition coefficient (Wildman–Crippen LogP) is -0.338. The van der Waals surface area contributed by atoms with Gasteiger partial charge in [0.15, 0.2) is 5.79 Å². The molecule has 3 N–H and O–H groups in total. The van der Waals surface area contributed by atoms with Crippen LogP contribution in [0, 0.1) is 6.92 Å². The summed E-state index contributed by atoms with van der Waals surface area (Å²) in [7, 11) is 0. The Balaban J connectivity index is 3.58. The first-order valence-electron chi connectivity index (χ1n) is 2.94. The Bertz CT molecular complexity index is 78.4. The van der Waals surface area contributed by atoms with Crippen LogP contribution in [-0.4, -0.2) is 27.2 Å². The van der Waals surface area contributed by atoms with E-state index in [0.29, 0.717) is 0 Å². The maximum atomic E-state index is 8.85. The molecule has 3 nitrogen and oxygen atoms in total. The highest BCUT2D eigenvalue weighted by molar-refractivity contribution is 4.69. The largest absolute Gasteiger partial charge is 0.393 e. The summed E-state index contributed by atoms with van der Waals surface area (Å²) < 4.78 is 0. The molecule has 0 aromatic carbocycles. The van der Waals surface area contributed by atoms with Gasteiger partial charge in [0, 0.05) is 6.42 Å². The molecule has 0 bridgehead atoms. The van der Waals surface area contributed by atoms with Crippen LogP contribution in [0.15, 0.2) is 0 Å². The second kappa shape index (κ2) is 3.15. The van der Waals surface area contributed by atoms with Crippen molar-refractivity contribution >= 4 is 0 Å². The van der Waals surface area contributed by atoms with Crippen molar-refractivity contribution in [1.29, 1.82) is 0 Å². The van der Waals surface area contributed by atoms with Gasteiger partial charge in [-0.25, -0.2) is 0 Å². The van der Waals surface area contributed by atoms with Crippen molar-refractivity contribution < 1.29 is 15.3 Å². The molecule has 0 aliphatic carbocycles. The summed E-state index contributed by atoms with van der Waals surface area (Å²) in [6, 6.07) is 0. The Labute approximate surface area is 54.9 Å². The molecule has 3 heteroatoms. The first-order valence-corrected chi connectivity index (χ1v) is 2.94. The molecule has 0 aliphatic rings. The van der Waals surface area contributed by atoms with Gasteiger partial charge >= 0.3 is 0 Å². The second-order valence-corrected chi connectivity index (χ2v) is 2.19. The minimum atomic E-state index is -1.75. The number of aliphatic hydroxyl groups excluding tert-OH is 1. The Morgan fingerprint density at radius 3 is 2.11 bits per heavy atom. The van der Waals surface area contributed by atoms with Gasteiger partial charge in [0.05, 0.1) is 6.10 Å². The predicted molar refractivity (Wildman–Crippen MR) is 33.4 cm³/mol. The van der Waals surface area contributed by atoms with Crippen molar-refractivity contribution in [2.45, 2.75) is 31.7 Å². The first kappa shape index (κ1) is 8.88. The van der Waals surface area contributed by atoms with Crippen LogP contribution in [0.2, 0.25) is 0 Å². The number of aliphatic hydroxyl groups is 3. The van der Waals surface area contributed by atoms with E-state index in [0.717, 1.165) is 0 Å². The zero-order chi connectivity index (χ0) is 7.49. The van der Waals surface area contributed by atoms with E-state index >= 15 is 0 Å². The molecule has 0 saturated heterocycles. The molecule has 0 aromatic rings. The van der Waals surface area contributed by atoms with Crippen LogP contribution in [0.5, 0.6) is 0 Å². The van der Waals surface area contributed by atoms with E-state index in [-0.39, 0.29) is 12.8 Å². The summed E-state index contributed by atoms with van der Waals surface area (Å²) >= 11 is 0. The fourth-order valence-corrected chi connectivity index (χ4v) is 0.522. The lowest BCUT2D eigenvalue weighted by Gasteiger charge is -2.20. The maximum absolute atomic E-state index is 8.85. The van der Waals surface area contributed by atoms with Crippen molar-refractivity contribution in [3.8, 4) is 0 Å². The summed E-state index contributed by atoms with van der Waals surface area (Å²) in [5.74, 6) is -1.75. The van der Waals surface area contributed by atoms with Gasteiger partial charge in [-0.3, -0.25) is 0 Å². The Morgan fingerprint density at radius 1 is 1.56 bits per heavy atom. The van der Waals surface area contributed by atoms with E-state index in [2.05, 4.69) is 6.92 Å². The van der Waals surface area contributed by atoms with Crippen molar-refractivity contribution in [2.24, 2.45) is 0 Å². The lowest BCUT2D eigenvalue weighted by atomic mass is 10.1. The molecule has 1 atom stereocenters. The van der Waals surface area contributed by atoms with Crippen LogP contribution in [0.1, 0.15) is 19.8 Å². The van der Waals surface area contributed by atoms with Crippen molar-refractivity contribution in [1.82, 2.24) is 0 Å². The minimum Gasteiger partial charge on any atom is -0.393 e. The van der Waals surface area contributed by atoms with E-state index in [1.165, 1.54) is 0 Å². The van der Waals surface area contributed by atoms with Gasteiger partial charge < -0.3 is 15.3 Å². The highest BCUT2D eigenvalue weighted by Gasteiger charge is 2.21. The maximum Gasteiger partial charge on any atom is 0.164 e. The van der Waals surface area contributed by atoms with Crippen LogP contribution in [0.25, 0.3) is 0 Å². The summed E-state index contributed by atoms with van der Waals surface area (Å²) in [6.07, 6.45) is -0.789. The van der Waals surface area contributed by atoms with Crippen molar-refractivity contribution in [2.75, 3.05) is 0 Å². The fourth-order valence-electron chi connectivity index (χ4n) is 0.522. The van der Waals surface area contributed by atoms with Gasteiger partial charge in [-0.1, -0.05) is 6.92 Å². The molecular weight excluding hydrogens is 120 g/mol. The smallest absolute Gasteiger partial charge is 0.164 e. The SMILES string of the molecule is [CH2]C(O)CC(O)(O)CC. The molecule has 0 heterocycles. The third-order valence-corrected chi connectivity index (χ3v) is 1.13. The van der Waals surface area contributed by atoms with Crippen LogP contribution >= 0.6 is 0 Å². The van der Waals surface area contributed by atoms with Crippen LogP contribution in [-0.2, 0) is 0 Å². The van der Waals surface area contributed by atoms with E-state index in [4.69, 9.17) is 15.3 Å². The number of hydrogen-bond donors (Lipinski definition) is 3. The third kappa shape index (κ3) is 4.39. The van der Waals surface area contributed by atoms with Gasteiger partial charge in [-0.2, -0.15) is 0 Å². The standard InChI is InChI=1S/C6H13O3/c1-3-6(8,9)4-5(2)7/h5,7-9H,2-4H2,1H3. The van der Waals surface area contributed by atoms with Crippen molar-refractivity contribution in [3.63, 3.8) is 0 Å². The van der Waals surface area contributed by atoms with E-state index in [9.17, 15) is 0 Å². The van der Waals surface area contributed by atoms with Gasteiger partial charge in [0.1, 0.15) is 0 Å². The van der Waals surface area contributed by atoms with Gasteiger partial charge in [-0.05, 0) is 13.3 Å². The normalized spacial score (nSPS) is 15.7. The molecule has 1 unspecified atom stereocenters. The zero-order valence-electron chi connectivity index (χ0n) is 5.54. The lowest BCUT2D eigenvalue weighted by Crippen LogP contribution is -2.31. The molecular formula is C6H13O3. The molecule has 0 rings (SSSR count). The first-order chi connectivity index (χ1) is 3.98. The van der Waals surface area contributed by atoms with E-state index in [1.807, 2.05) is 0 Å². The third-order valence-electron chi connectivity index (χ3n) is 1.13. The molecule has 0 aliphatic heterocycles. The monoisotopic (exact) mass is 133 g/mol. The number of hydrogen-bond acceptors (Lipinski definition) is 3. The molecule has 0 saturated carbocycles. The van der Waals surface area contributed by atoms with Crippen LogP contribution < -0.4 is 0 Å². The molecule has 9 heavy (non-hydrogen) atoms. The quantitative estimate of drug-likeness (QED) is 0.462. The van der Waals surface area contributed by atoms with Gasteiger partial charge in [-0.15, -0.1) is 0 Å². The second-order valence-electron chi connectivity index (χ2n) is 2.19. The van der Waals surface area contributed by atoms with Crippen LogP contribution in [0.4, 0.5) is 0 Å². The van der Waals surface area contributed by atoms with E-state index in [1.54, 1.807) is 6.92 Å². The molecule has 55 valence electrons. The summed E-state index contributed by atoms with van der Waals surface area (Å²) in [4.78, 5) is 0. The molecule has 0 fully saturated rings. The van der Waals surface area contributed by atoms with Crippen LogP contribution in [0.3, 0.4) is 0 Å². The summed E-state index contributed by atoms with van der Waals surface area (Å²) in [5, 5.41) is 26.3. The molecule has 1 radical (unpaired) electrons. The number of rotatable bonds is 3. The highest BCUT2D eigenvalue weighted by atomic mass is 16.5. The Kier molecular flexibility index (Phi) is 3.11. The van der Waals surface area contributed by atoms with Gasteiger partial charge in [0.2, 0.25) is 0 Å². The minimum absolute atomic E-state index is 0.0938. The lowest BCUT2D eigenvalue weighted by molar-refractivity contribution is -0.178. The fraction of sp³-hybridized carbons (Fsp3) is 0.833. The molecule has 0 spiro atoms. The zero-order valence-corrected chi connectivity index (χ0v) is 5.54. The van der Waals surface area contributed by atoms with Crippen molar-refractivity contribution in [3.05, 3.63) is 6.92 Å². The van der Waals surface area contributed by atoms with E-state index < -0.39 is 11.9 Å². The average molecular weight is 133 g/mol. The topological polar surface area (TPSA) is 60.7 Å². The summed E-state index contributed by atoms with van der Waals surface area (Å²) in [5.41, 5.74) is 0.